The van der Waals surface area contributed by atoms with E-state index >= 15 is 0 Å². The summed E-state index contributed by atoms with van der Waals surface area (Å²) in [5, 5.41) is 12.1. The molecular weight excluding hydrogens is 178 g/mol. The molecule has 1 aromatic carbocycles. The summed E-state index contributed by atoms with van der Waals surface area (Å²) >= 11 is 0. The van der Waals surface area contributed by atoms with Crippen LogP contribution in [0.2, 0.25) is 0 Å². The van der Waals surface area contributed by atoms with Gasteiger partial charge in [-0.2, -0.15) is 0 Å². The molecule has 0 fully saturated rings. The average molecular weight is 193 g/mol. The molecule has 3 heteroatoms. The molecule has 0 aliphatic rings. The van der Waals surface area contributed by atoms with Crippen LogP contribution in [0.3, 0.4) is 0 Å². The zero-order valence-electron chi connectivity index (χ0n) is 8.23. The van der Waals surface area contributed by atoms with Crippen molar-refractivity contribution >= 4 is 5.91 Å². The Hall–Kier alpha value is -1.35. The number of amides is 1. The first-order chi connectivity index (χ1) is 6.68. The zero-order chi connectivity index (χ0) is 10.4. The van der Waals surface area contributed by atoms with Crippen LogP contribution in [0.4, 0.5) is 0 Å². The van der Waals surface area contributed by atoms with Crippen molar-refractivity contribution in [1.29, 1.82) is 0 Å². The van der Waals surface area contributed by atoms with E-state index < -0.39 is 6.10 Å². The molecule has 0 spiro atoms. The van der Waals surface area contributed by atoms with Gasteiger partial charge in [0, 0.05) is 19.9 Å². The fourth-order valence-corrected chi connectivity index (χ4v) is 1.22. The largest absolute Gasteiger partial charge is 0.391 e. The van der Waals surface area contributed by atoms with E-state index in [2.05, 4.69) is 5.32 Å². The molecule has 0 bridgehead atoms. The van der Waals surface area contributed by atoms with Crippen LogP contribution < -0.4 is 5.32 Å². The molecule has 1 atom stereocenters. The van der Waals surface area contributed by atoms with E-state index in [9.17, 15) is 9.90 Å². The van der Waals surface area contributed by atoms with Crippen molar-refractivity contribution in [2.45, 2.75) is 19.4 Å². The van der Waals surface area contributed by atoms with Crippen molar-refractivity contribution in [3.8, 4) is 0 Å². The molecule has 1 amide bonds. The lowest BCUT2D eigenvalue weighted by Gasteiger charge is -2.10. The van der Waals surface area contributed by atoms with Gasteiger partial charge < -0.3 is 10.4 Å². The molecule has 3 nitrogen and oxygen atoms in total. The number of nitrogens with one attached hydrogen (secondary N) is 1. The molecule has 14 heavy (non-hydrogen) atoms. The fourth-order valence-electron chi connectivity index (χ4n) is 1.22. The Kier molecular flexibility index (Phi) is 4.13. The van der Waals surface area contributed by atoms with E-state index in [0.29, 0.717) is 13.0 Å². The zero-order valence-corrected chi connectivity index (χ0v) is 8.23. The SMILES string of the molecule is CC(=O)NC[C@H](O)Cc1ccccc1. The van der Waals surface area contributed by atoms with Gasteiger partial charge in [0.15, 0.2) is 0 Å². The highest BCUT2D eigenvalue weighted by Gasteiger charge is 2.05. The number of hydrogen-bond acceptors (Lipinski definition) is 2. The molecular formula is C11H15NO2. The minimum Gasteiger partial charge on any atom is -0.391 e. The molecule has 0 aliphatic carbocycles. The third-order valence-corrected chi connectivity index (χ3v) is 1.90. The van der Waals surface area contributed by atoms with Crippen LogP contribution in [0.1, 0.15) is 12.5 Å². The Morgan fingerprint density at radius 2 is 2.07 bits per heavy atom. The van der Waals surface area contributed by atoms with E-state index in [4.69, 9.17) is 0 Å². The van der Waals surface area contributed by atoms with Gasteiger partial charge in [0.25, 0.3) is 0 Å². The van der Waals surface area contributed by atoms with Crippen molar-refractivity contribution in [3.63, 3.8) is 0 Å². The summed E-state index contributed by atoms with van der Waals surface area (Å²) in [7, 11) is 0. The van der Waals surface area contributed by atoms with Crippen LogP contribution in [0.5, 0.6) is 0 Å². The minimum atomic E-state index is -0.513. The highest BCUT2D eigenvalue weighted by atomic mass is 16.3. The maximum atomic E-state index is 10.6. The molecule has 1 rings (SSSR count). The van der Waals surface area contributed by atoms with Gasteiger partial charge in [0.2, 0.25) is 5.91 Å². The van der Waals surface area contributed by atoms with E-state index in [1.807, 2.05) is 30.3 Å². The second-order valence-corrected chi connectivity index (χ2v) is 3.28. The van der Waals surface area contributed by atoms with Crippen molar-refractivity contribution in [1.82, 2.24) is 5.32 Å². The fraction of sp³-hybridized carbons (Fsp3) is 0.364. The predicted molar refractivity (Wildman–Crippen MR) is 54.8 cm³/mol. The number of benzene rings is 1. The number of carbonyl (C=O) groups excluding carboxylic acids is 1. The molecule has 0 saturated carbocycles. The van der Waals surface area contributed by atoms with Crippen LogP contribution in [0.25, 0.3) is 0 Å². The van der Waals surface area contributed by atoms with Gasteiger partial charge in [-0.1, -0.05) is 30.3 Å². The van der Waals surface area contributed by atoms with Gasteiger partial charge in [-0.25, -0.2) is 0 Å². The Balaban J connectivity index is 2.34. The second-order valence-electron chi connectivity index (χ2n) is 3.28. The number of aliphatic hydroxyl groups is 1. The van der Waals surface area contributed by atoms with Crippen LogP contribution in [0.15, 0.2) is 30.3 Å². The lowest BCUT2D eigenvalue weighted by Crippen LogP contribution is -2.31. The second kappa shape index (κ2) is 5.40. The predicted octanol–water partition coefficient (Wildman–Crippen LogP) is 0.726. The van der Waals surface area contributed by atoms with Gasteiger partial charge >= 0.3 is 0 Å². The Bertz CT molecular complexity index is 285. The topological polar surface area (TPSA) is 49.3 Å². The summed E-state index contributed by atoms with van der Waals surface area (Å²) in [5.41, 5.74) is 1.07. The number of rotatable bonds is 4. The Morgan fingerprint density at radius 3 is 2.64 bits per heavy atom. The van der Waals surface area contributed by atoms with Crippen LogP contribution in [-0.4, -0.2) is 23.7 Å². The quantitative estimate of drug-likeness (QED) is 0.740. The Morgan fingerprint density at radius 1 is 1.43 bits per heavy atom. The normalized spacial score (nSPS) is 12.1. The minimum absolute atomic E-state index is 0.114. The molecule has 0 aromatic heterocycles. The first kappa shape index (κ1) is 10.7. The van der Waals surface area contributed by atoms with E-state index in [-0.39, 0.29) is 5.91 Å². The van der Waals surface area contributed by atoms with Crippen LogP contribution in [0, 0.1) is 0 Å². The molecule has 0 unspecified atom stereocenters. The molecule has 0 radical (unpaired) electrons. The lowest BCUT2D eigenvalue weighted by molar-refractivity contribution is -0.119. The van der Waals surface area contributed by atoms with Gasteiger partial charge in [-0.3, -0.25) is 4.79 Å². The van der Waals surface area contributed by atoms with Crippen LogP contribution >= 0.6 is 0 Å². The summed E-state index contributed by atoms with van der Waals surface area (Å²) < 4.78 is 0. The first-order valence-electron chi connectivity index (χ1n) is 4.65. The highest BCUT2D eigenvalue weighted by Crippen LogP contribution is 2.02. The molecule has 0 heterocycles. The number of carbonyl (C=O) groups is 1. The lowest BCUT2D eigenvalue weighted by atomic mass is 10.1. The van der Waals surface area contributed by atoms with Gasteiger partial charge in [0.05, 0.1) is 6.10 Å². The molecule has 0 saturated heterocycles. The number of hydrogen-bond donors (Lipinski definition) is 2. The van der Waals surface area contributed by atoms with Gasteiger partial charge in [-0.15, -0.1) is 0 Å². The summed E-state index contributed by atoms with van der Waals surface area (Å²) in [6.07, 6.45) is 0.0579. The molecule has 76 valence electrons. The summed E-state index contributed by atoms with van der Waals surface area (Å²) in [6.45, 7) is 1.75. The van der Waals surface area contributed by atoms with Crippen molar-refractivity contribution in [2.24, 2.45) is 0 Å². The third kappa shape index (κ3) is 4.05. The molecule has 0 aliphatic heterocycles. The van der Waals surface area contributed by atoms with Gasteiger partial charge in [0.1, 0.15) is 0 Å². The summed E-state index contributed by atoms with van der Waals surface area (Å²) in [4.78, 5) is 10.6. The van der Waals surface area contributed by atoms with E-state index in [1.165, 1.54) is 6.92 Å². The standard InChI is InChI=1S/C11H15NO2/c1-9(13)12-8-11(14)7-10-5-3-2-4-6-10/h2-6,11,14H,7-8H2,1H3,(H,12,13)/t11-/m1/s1. The summed E-state index contributed by atoms with van der Waals surface area (Å²) in [5.74, 6) is -0.114. The maximum Gasteiger partial charge on any atom is 0.216 e. The smallest absolute Gasteiger partial charge is 0.216 e. The maximum absolute atomic E-state index is 10.6. The van der Waals surface area contributed by atoms with Crippen LogP contribution in [-0.2, 0) is 11.2 Å². The third-order valence-electron chi connectivity index (χ3n) is 1.90. The summed E-state index contributed by atoms with van der Waals surface area (Å²) in [6, 6.07) is 9.71. The molecule has 1 aromatic rings. The van der Waals surface area contributed by atoms with Crippen molar-refractivity contribution < 1.29 is 9.90 Å². The van der Waals surface area contributed by atoms with Gasteiger partial charge in [-0.05, 0) is 5.56 Å². The van der Waals surface area contributed by atoms with E-state index in [1.54, 1.807) is 0 Å². The average Bonchev–Trinajstić information content (AvgIpc) is 2.16. The molecule has 2 N–H and O–H groups in total. The number of aliphatic hydroxyl groups excluding tert-OH is 1. The first-order valence-corrected chi connectivity index (χ1v) is 4.65. The Labute approximate surface area is 83.8 Å². The van der Waals surface area contributed by atoms with Crippen molar-refractivity contribution in [2.75, 3.05) is 6.54 Å². The monoisotopic (exact) mass is 193 g/mol. The van der Waals surface area contributed by atoms with Crippen molar-refractivity contribution in [3.05, 3.63) is 35.9 Å². The highest BCUT2D eigenvalue weighted by molar-refractivity contribution is 5.72. The van der Waals surface area contributed by atoms with E-state index in [0.717, 1.165) is 5.56 Å².